The van der Waals surface area contributed by atoms with Gasteiger partial charge < -0.3 is 4.42 Å². The first-order valence-electron chi connectivity index (χ1n) is 5.18. The Hall–Kier alpha value is -1.00. The van der Waals surface area contributed by atoms with Crippen molar-refractivity contribution in [3.8, 4) is 12.3 Å². The summed E-state index contributed by atoms with van der Waals surface area (Å²) in [7, 11) is -2.84. The number of hydrogen-bond acceptors (Lipinski definition) is 6. The Balaban J connectivity index is 1.92. The first-order valence-corrected chi connectivity index (χ1v) is 7.99. The molecule has 0 bridgehead atoms. The van der Waals surface area contributed by atoms with Crippen molar-refractivity contribution in [2.24, 2.45) is 5.92 Å². The molecule has 7 heteroatoms. The van der Waals surface area contributed by atoms with E-state index in [-0.39, 0.29) is 17.4 Å². The second kappa shape index (κ2) is 5.10. The maximum Gasteiger partial charge on any atom is 0.277 e. The second-order valence-corrected chi connectivity index (χ2v) is 7.08. The van der Waals surface area contributed by atoms with Gasteiger partial charge in [0.05, 0.1) is 17.3 Å². The van der Waals surface area contributed by atoms with Crippen LogP contribution in [0.1, 0.15) is 12.3 Å². The zero-order chi connectivity index (χ0) is 12.3. The maximum atomic E-state index is 11.3. The van der Waals surface area contributed by atoms with Crippen LogP contribution in [-0.4, -0.2) is 35.9 Å². The highest BCUT2D eigenvalue weighted by molar-refractivity contribution is 7.99. The molecule has 0 amide bonds. The molecule has 1 atom stereocenters. The largest absolute Gasteiger partial charge is 0.416 e. The van der Waals surface area contributed by atoms with E-state index < -0.39 is 9.84 Å². The van der Waals surface area contributed by atoms with E-state index in [0.29, 0.717) is 29.7 Å². The van der Waals surface area contributed by atoms with Crippen molar-refractivity contribution in [1.29, 1.82) is 0 Å². The van der Waals surface area contributed by atoms with Crippen LogP contribution in [-0.2, 0) is 16.3 Å². The fraction of sp³-hybridized carbons (Fsp3) is 0.600. The molecule has 0 saturated carbocycles. The minimum absolute atomic E-state index is 0.103. The molecule has 1 fully saturated rings. The molecule has 0 radical (unpaired) electrons. The molecule has 0 aromatic carbocycles. The monoisotopic (exact) mass is 272 g/mol. The number of thioether (sulfide) groups is 1. The first kappa shape index (κ1) is 12.5. The average molecular weight is 272 g/mol. The molecule has 5 nitrogen and oxygen atoms in total. The Kier molecular flexibility index (Phi) is 3.74. The van der Waals surface area contributed by atoms with Gasteiger partial charge in [-0.05, 0) is 12.3 Å². The lowest BCUT2D eigenvalue weighted by atomic mass is 10.1. The Morgan fingerprint density at radius 3 is 3.00 bits per heavy atom. The van der Waals surface area contributed by atoms with E-state index in [2.05, 4.69) is 16.1 Å². The van der Waals surface area contributed by atoms with Crippen molar-refractivity contribution in [1.82, 2.24) is 10.2 Å². The number of rotatable bonds is 4. The minimum atomic E-state index is -2.84. The predicted molar refractivity (Wildman–Crippen MR) is 64.3 cm³/mol. The Labute approximate surface area is 104 Å². The summed E-state index contributed by atoms with van der Waals surface area (Å²) in [5, 5.41) is 8.16. The van der Waals surface area contributed by atoms with E-state index in [0.717, 1.165) is 0 Å². The van der Waals surface area contributed by atoms with Gasteiger partial charge in [-0.1, -0.05) is 17.7 Å². The molecule has 0 aliphatic carbocycles. The molecule has 0 unspecified atom stereocenters. The zero-order valence-electron chi connectivity index (χ0n) is 9.13. The van der Waals surface area contributed by atoms with E-state index in [1.165, 1.54) is 11.8 Å². The Morgan fingerprint density at radius 1 is 1.53 bits per heavy atom. The van der Waals surface area contributed by atoms with E-state index >= 15 is 0 Å². The van der Waals surface area contributed by atoms with Crippen LogP contribution in [0, 0.1) is 18.3 Å². The molecule has 1 aliphatic heterocycles. The van der Waals surface area contributed by atoms with Crippen molar-refractivity contribution in [3.05, 3.63) is 5.89 Å². The molecule has 17 heavy (non-hydrogen) atoms. The molecule has 1 aromatic rings. The van der Waals surface area contributed by atoms with Gasteiger partial charge in [-0.3, -0.25) is 0 Å². The molecule has 92 valence electrons. The quantitative estimate of drug-likeness (QED) is 0.595. The summed E-state index contributed by atoms with van der Waals surface area (Å²) in [6.07, 6.45) is 6.33. The summed E-state index contributed by atoms with van der Waals surface area (Å²) in [6, 6.07) is 0. The molecule has 0 N–H and O–H groups in total. The zero-order valence-corrected chi connectivity index (χ0v) is 10.8. The molecular formula is C10H12N2O3S2. The van der Waals surface area contributed by atoms with Crippen molar-refractivity contribution >= 4 is 21.6 Å². The lowest BCUT2D eigenvalue weighted by Gasteiger charge is -2.01. The molecule has 2 heterocycles. The number of terminal acetylenes is 1. The fourth-order valence-corrected chi connectivity index (χ4v) is 4.08. The van der Waals surface area contributed by atoms with Crippen LogP contribution < -0.4 is 0 Å². The summed E-state index contributed by atoms with van der Waals surface area (Å²) < 4.78 is 27.9. The lowest BCUT2D eigenvalue weighted by molar-refractivity contribution is 0.389. The van der Waals surface area contributed by atoms with Gasteiger partial charge in [0, 0.05) is 6.42 Å². The summed E-state index contributed by atoms with van der Waals surface area (Å²) >= 11 is 1.30. The Bertz CT molecular complexity index is 530. The van der Waals surface area contributed by atoms with Crippen LogP contribution in [0.3, 0.4) is 0 Å². The lowest BCUT2D eigenvalue weighted by Crippen LogP contribution is -2.07. The van der Waals surface area contributed by atoms with Crippen LogP contribution in [0.5, 0.6) is 0 Å². The minimum Gasteiger partial charge on any atom is -0.416 e. The normalized spacial score (nSPS) is 22.4. The molecular weight excluding hydrogens is 260 g/mol. The van der Waals surface area contributed by atoms with Crippen LogP contribution in [0.4, 0.5) is 0 Å². The van der Waals surface area contributed by atoms with E-state index in [4.69, 9.17) is 10.8 Å². The Morgan fingerprint density at radius 2 is 2.35 bits per heavy atom. The van der Waals surface area contributed by atoms with Crippen LogP contribution in [0.2, 0.25) is 0 Å². The standard InChI is InChI=1S/C10H12N2O3S2/c1-2-4-16-10-12-11-9(15-10)6-8-3-5-17(13,14)7-8/h1,8H,3-7H2/t8-/m0/s1. The summed E-state index contributed by atoms with van der Waals surface area (Å²) in [5.74, 6) is 4.04. The molecule has 1 aromatic heterocycles. The highest BCUT2D eigenvalue weighted by atomic mass is 32.2. The van der Waals surface area contributed by atoms with Crippen LogP contribution >= 0.6 is 11.8 Å². The van der Waals surface area contributed by atoms with Crippen molar-refractivity contribution in [2.45, 2.75) is 18.1 Å². The fourth-order valence-electron chi connectivity index (χ4n) is 1.76. The van der Waals surface area contributed by atoms with Gasteiger partial charge in [-0.25, -0.2) is 8.42 Å². The van der Waals surface area contributed by atoms with Gasteiger partial charge >= 0.3 is 0 Å². The van der Waals surface area contributed by atoms with Gasteiger partial charge in [0.2, 0.25) is 5.89 Å². The third kappa shape index (κ3) is 3.48. The van der Waals surface area contributed by atoms with Crippen LogP contribution in [0.25, 0.3) is 0 Å². The highest BCUT2D eigenvalue weighted by Crippen LogP contribution is 2.23. The van der Waals surface area contributed by atoms with Crippen molar-refractivity contribution in [3.63, 3.8) is 0 Å². The molecule has 2 rings (SSSR count). The number of hydrogen-bond donors (Lipinski definition) is 0. The maximum absolute atomic E-state index is 11.3. The van der Waals surface area contributed by atoms with Crippen molar-refractivity contribution < 1.29 is 12.8 Å². The average Bonchev–Trinajstić information content (AvgIpc) is 2.83. The van der Waals surface area contributed by atoms with E-state index in [1.54, 1.807) is 0 Å². The second-order valence-electron chi connectivity index (χ2n) is 3.93. The molecule has 0 spiro atoms. The number of nitrogens with zero attached hydrogens (tertiary/aromatic N) is 2. The molecule has 1 aliphatic rings. The highest BCUT2D eigenvalue weighted by Gasteiger charge is 2.29. The summed E-state index contributed by atoms with van der Waals surface area (Å²) in [4.78, 5) is 0. The molecule has 1 saturated heterocycles. The van der Waals surface area contributed by atoms with Gasteiger partial charge in [0.15, 0.2) is 9.84 Å². The summed E-state index contributed by atoms with van der Waals surface area (Å²) in [6.45, 7) is 0. The third-order valence-electron chi connectivity index (χ3n) is 2.52. The number of aromatic nitrogens is 2. The van der Waals surface area contributed by atoms with E-state index in [1.807, 2.05) is 0 Å². The van der Waals surface area contributed by atoms with E-state index in [9.17, 15) is 8.42 Å². The third-order valence-corrected chi connectivity index (χ3v) is 5.08. The van der Waals surface area contributed by atoms with Crippen molar-refractivity contribution in [2.75, 3.05) is 17.3 Å². The topological polar surface area (TPSA) is 73.1 Å². The first-order chi connectivity index (χ1) is 8.09. The van der Waals surface area contributed by atoms with Gasteiger partial charge in [0.1, 0.15) is 0 Å². The summed E-state index contributed by atoms with van der Waals surface area (Å²) in [5.41, 5.74) is 0. The van der Waals surface area contributed by atoms with Gasteiger partial charge in [-0.15, -0.1) is 16.6 Å². The van der Waals surface area contributed by atoms with Gasteiger partial charge in [-0.2, -0.15) is 0 Å². The predicted octanol–water partition coefficient (Wildman–Crippen LogP) is 0.772. The smallest absolute Gasteiger partial charge is 0.277 e. The van der Waals surface area contributed by atoms with Gasteiger partial charge in [0.25, 0.3) is 5.22 Å². The van der Waals surface area contributed by atoms with Crippen LogP contribution in [0.15, 0.2) is 9.64 Å². The number of sulfone groups is 1. The SMILES string of the molecule is C#CCSc1nnc(C[C@@H]2CCS(=O)(=O)C2)o1.